The molecule has 1 aliphatic carbocycles. The van der Waals surface area contributed by atoms with E-state index in [-0.39, 0.29) is 11.8 Å². The van der Waals surface area contributed by atoms with Crippen LogP contribution in [-0.2, 0) is 0 Å². The maximum atomic E-state index is 10.6. The van der Waals surface area contributed by atoms with Gasteiger partial charge in [-0.3, -0.25) is 0 Å². The van der Waals surface area contributed by atoms with Crippen LogP contribution < -0.4 is 4.74 Å². The Morgan fingerprint density at radius 1 is 1.18 bits per heavy atom. The van der Waals surface area contributed by atoms with Gasteiger partial charge in [0.25, 0.3) is 0 Å². The fourth-order valence-electron chi connectivity index (χ4n) is 2.02. The number of hydrogen-bond donors (Lipinski definition) is 1. The van der Waals surface area contributed by atoms with Crippen molar-refractivity contribution in [2.45, 2.75) is 44.6 Å². The third-order valence-corrected chi connectivity index (χ3v) is 2.94. The molecular weight excluding hydrogens is 220 g/mol. The predicted molar refractivity (Wildman–Crippen MR) is 61.1 cm³/mol. The van der Waals surface area contributed by atoms with Crippen LogP contribution in [0.15, 0.2) is 12.4 Å². The lowest BCUT2D eigenvalue weighted by molar-refractivity contribution is 0.0689. The van der Waals surface area contributed by atoms with Crippen molar-refractivity contribution in [1.29, 1.82) is 0 Å². The zero-order chi connectivity index (χ0) is 12.1. The molecule has 0 aliphatic heterocycles. The second-order valence-electron chi connectivity index (χ2n) is 4.28. The van der Waals surface area contributed by atoms with Gasteiger partial charge in [-0.05, 0) is 25.7 Å². The zero-order valence-electron chi connectivity index (χ0n) is 9.63. The van der Waals surface area contributed by atoms with E-state index < -0.39 is 5.97 Å². The normalized spacial score (nSPS) is 17.4. The summed E-state index contributed by atoms with van der Waals surface area (Å²) < 4.78 is 5.70. The van der Waals surface area contributed by atoms with Gasteiger partial charge < -0.3 is 9.84 Å². The van der Waals surface area contributed by atoms with Crippen molar-refractivity contribution in [1.82, 2.24) is 9.97 Å². The van der Waals surface area contributed by atoms with Crippen LogP contribution in [0, 0.1) is 0 Å². The number of hydrogen-bond acceptors (Lipinski definition) is 4. The number of aromatic carboxylic acids is 1. The molecule has 0 atom stereocenters. The molecule has 1 saturated carbocycles. The number of ether oxygens (including phenoxy) is 1. The summed E-state index contributed by atoms with van der Waals surface area (Å²) in [7, 11) is 0. The second kappa shape index (κ2) is 5.61. The van der Waals surface area contributed by atoms with Crippen LogP contribution in [0.5, 0.6) is 5.88 Å². The van der Waals surface area contributed by atoms with Crippen LogP contribution in [0.4, 0.5) is 0 Å². The first-order valence-corrected chi connectivity index (χ1v) is 5.98. The fourth-order valence-corrected chi connectivity index (χ4v) is 2.02. The Morgan fingerprint density at radius 2 is 1.88 bits per heavy atom. The van der Waals surface area contributed by atoms with Crippen molar-refractivity contribution in [2.24, 2.45) is 0 Å². The van der Waals surface area contributed by atoms with Crippen LogP contribution in [0.1, 0.15) is 49.0 Å². The molecule has 1 aromatic rings. The van der Waals surface area contributed by atoms with Gasteiger partial charge in [-0.15, -0.1) is 0 Å². The molecule has 1 N–H and O–H groups in total. The first-order chi connectivity index (χ1) is 8.25. The summed E-state index contributed by atoms with van der Waals surface area (Å²) in [6.07, 6.45) is 9.80. The van der Waals surface area contributed by atoms with E-state index in [1.54, 1.807) is 0 Å². The van der Waals surface area contributed by atoms with Gasteiger partial charge in [0.05, 0.1) is 12.4 Å². The third kappa shape index (κ3) is 3.41. The Hall–Kier alpha value is -1.65. The van der Waals surface area contributed by atoms with Crippen molar-refractivity contribution >= 4 is 5.97 Å². The van der Waals surface area contributed by atoms with Gasteiger partial charge in [-0.2, -0.15) is 0 Å². The van der Waals surface area contributed by atoms with E-state index in [1.807, 2.05) is 0 Å². The molecular formula is C12H16N2O3. The van der Waals surface area contributed by atoms with Gasteiger partial charge in [0.1, 0.15) is 6.10 Å². The SMILES string of the molecule is O=C(O)c1cnc(OC2CCCCCC2)cn1. The summed E-state index contributed by atoms with van der Waals surface area (Å²) in [6, 6.07) is 0. The number of rotatable bonds is 3. The second-order valence-corrected chi connectivity index (χ2v) is 4.28. The van der Waals surface area contributed by atoms with Crippen molar-refractivity contribution in [3.05, 3.63) is 18.1 Å². The lowest BCUT2D eigenvalue weighted by Crippen LogP contribution is -2.16. The molecule has 17 heavy (non-hydrogen) atoms. The largest absolute Gasteiger partial charge is 0.476 e. The van der Waals surface area contributed by atoms with Gasteiger partial charge in [-0.1, -0.05) is 12.8 Å². The van der Waals surface area contributed by atoms with Crippen LogP contribution in [0.25, 0.3) is 0 Å². The Balaban J connectivity index is 1.95. The van der Waals surface area contributed by atoms with Crippen LogP contribution >= 0.6 is 0 Å². The Morgan fingerprint density at radius 3 is 2.41 bits per heavy atom. The molecule has 0 bridgehead atoms. The summed E-state index contributed by atoms with van der Waals surface area (Å²) in [5.41, 5.74) is -0.0572. The minimum atomic E-state index is -1.07. The molecule has 1 heterocycles. The first-order valence-electron chi connectivity index (χ1n) is 5.98. The van der Waals surface area contributed by atoms with Gasteiger partial charge in [0.2, 0.25) is 5.88 Å². The molecule has 0 radical (unpaired) electrons. The molecule has 0 amide bonds. The van der Waals surface area contributed by atoms with Crippen molar-refractivity contribution < 1.29 is 14.6 Å². The maximum Gasteiger partial charge on any atom is 0.356 e. The summed E-state index contributed by atoms with van der Waals surface area (Å²) in [5, 5.41) is 8.69. The topological polar surface area (TPSA) is 72.3 Å². The van der Waals surface area contributed by atoms with E-state index in [0.29, 0.717) is 5.88 Å². The third-order valence-electron chi connectivity index (χ3n) is 2.94. The van der Waals surface area contributed by atoms with Crippen LogP contribution in [0.2, 0.25) is 0 Å². The minimum Gasteiger partial charge on any atom is -0.476 e. The lowest BCUT2D eigenvalue weighted by Gasteiger charge is -2.15. The number of carboxylic acid groups (broad SMARTS) is 1. The van der Waals surface area contributed by atoms with E-state index >= 15 is 0 Å². The molecule has 5 heteroatoms. The quantitative estimate of drug-likeness (QED) is 0.815. The smallest absolute Gasteiger partial charge is 0.356 e. The minimum absolute atomic E-state index is 0.0572. The highest BCUT2D eigenvalue weighted by Crippen LogP contribution is 2.21. The summed E-state index contributed by atoms with van der Waals surface area (Å²) in [6.45, 7) is 0. The molecule has 2 rings (SSSR count). The van der Waals surface area contributed by atoms with Gasteiger partial charge in [-0.25, -0.2) is 14.8 Å². The van der Waals surface area contributed by atoms with Gasteiger partial charge >= 0.3 is 5.97 Å². The zero-order valence-corrected chi connectivity index (χ0v) is 9.63. The molecule has 0 spiro atoms. The fraction of sp³-hybridized carbons (Fsp3) is 0.583. The molecule has 1 aliphatic rings. The molecule has 92 valence electrons. The van der Waals surface area contributed by atoms with Gasteiger partial charge in [0, 0.05) is 0 Å². The molecule has 0 aromatic carbocycles. The summed E-state index contributed by atoms with van der Waals surface area (Å²) in [5.74, 6) is -0.652. The van der Waals surface area contributed by atoms with E-state index in [4.69, 9.17) is 9.84 Å². The molecule has 0 saturated heterocycles. The number of carbonyl (C=O) groups is 1. The number of aromatic nitrogens is 2. The van der Waals surface area contributed by atoms with Crippen molar-refractivity contribution in [3.8, 4) is 5.88 Å². The lowest BCUT2D eigenvalue weighted by atomic mass is 10.1. The van der Waals surface area contributed by atoms with Crippen molar-refractivity contribution in [2.75, 3.05) is 0 Å². The first kappa shape index (κ1) is 11.8. The van der Waals surface area contributed by atoms with Crippen molar-refractivity contribution in [3.63, 3.8) is 0 Å². The standard InChI is InChI=1S/C12H16N2O3/c15-12(16)10-7-14-11(8-13-10)17-9-5-3-1-2-4-6-9/h7-9H,1-6H2,(H,15,16). The highest BCUT2D eigenvalue weighted by Gasteiger charge is 2.14. The van der Waals surface area contributed by atoms with Crippen LogP contribution in [0.3, 0.4) is 0 Å². The number of carboxylic acids is 1. The highest BCUT2D eigenvalue weighted by molar-refractivity contribution is 5.84. The van der Waals surface area contributed by atoms with E-state index in [2.05, 4.69) is 9.97 Å². The Labute approximate surface area is 99.9 Å². The molecule has 1 fully saturated rings. The van der Waals surface area contributed by atoms with E-state index in [9.17, 15) is 4.79 Å². The van der Waals surface area contributed by atoms with Gasteiger partial charge in [0.15, 0.2) is 5.69 Å². The summed E-state index contributed by atoms with van der Waals surface area (Å²) >= 11 is 0. The average Bonchev–Trinajstić information content (AvgIpc) is 2.58. The Bertz CT molecular complexity index is 370. The number of nitrogens with zero attached hydrogens (tertiary/aromatic N) is 2. The summed E-state index contributed by atoms with van der Waals surface area (Å²) in [4.78, 5) is 18.3. The monoisotopic (exact) mass is 236 g/mol. The molecule has 1 aromatic heterocycles. The Kier molecular flexibility index (Phi) is 3.90. The highest BCUT2D eigenvalue weighted by atomic mass is 16.5. The van der Waals surface area contributed by atoms with E-state index in [1.165, 1.54) is 38.1 Å². The predicted octanol–water partition coefficient (Wildman–Crippen LogP) is 2.28. The van der Waals surface area contributed by atoms with E-state index in [0.717, 1.165) is 12.8 Å². The average molecular weight is 236 g/mol. The molecule has 0 unspecified atom stereocenters. The molecule has 5 nitrogen and oxygen atoms in total. The van der Waals surface area contributed by atoms with Crippen LogP contribution in [-0.4, -0.2) is 27.1 Å². The maximum absolute atomic E-state index is 10.6.